The summed E-state index contributed by atoms with van der Waals surface area (Å²) in [5.74, 6) is -0.925. The summed E-state index contributed by atoms with van der Waals surface area (Å²) in [6, 6.07) is 5.45. The molecule has 0 amide bonds. The van der Waals surface area contributed by atoms with Crippen LogP contribution in [0.3, 0.4) is 0 Å². The monoisotopic (exact) mass is 316 g/mol. The van der Waals surface area contributed by atoms with Crippen LogP contribution in [0, 0.1) is 0 Å². The van der Waals surface area contributed by atoms with E-state index in [9.17, 15) is 9.59 Å². The number of alkyl halides is 1. The summed E-state index contributed by atoms with van der Waals surface area (Å²) in [6.45, 7) is 1.49. The molecule has 1 aromatic carbocycles. The summed E-state index contributed by atoms with van der Waals surface area (Å²) < 4.78 is 0. The number of hydrogen-bond donors (Lipinski definition) is 1. The third-order valence-corrected chi connectivity index (χ3v) is 4.23. The van der Waals surface area contributed by atoms with Gasteiger partial charge in [-0.3, -0.25) is 9.59 Å². The van der Waals surface area contributed by atoms with Crippen molar-refractivity contribution in [3.8, 4) is 0 Å². The molecule has 17 heavy (non-hydrogen) atoms. The van der Waals surface area contributed by atoms with Crippen molar-refractivity contribution in [2.75, 3.05) is 6.26 Å². The number of rotatable bonds is 5. The highest BCUT2D eigenvalue weighted by molar-refractivity contribution is 9.09. The Balaban J connectivity index is 3.29. The van der Waals surface area contributed by atoms with Gasteiger partial charge in [0.05, 0.1) is 11.2 Å². The molecule has 1 rings (SSSR count). The van der Waals surface area contributed by atoms with E-state index in [2.05, 4.69) is 15.9 Å². The van der Waals surface area contributed by atoms with Gasteiger partial charge in [0, 0.05) is 4.90 Å². The van der Waals surface area contributed by atoms with E-state index in [0.29, 0.717) is 5.56 Å². The molecule has 1 N–H and O–H groups in total. The standard InChI is InChI=1S/C12H13BrO3S/c1-7(14)12(13)11-8(6-10(15)16)4-3-5-9(11)17-2/h3-5,12H,6H2,1-2H3,(H,15,16). The average molecular weight is 317 g/mol. The molecule has 1 atom stereocenters. The molecule has 0 heterocycles. The summed E-state index contributed by atoms with van der Waals surface area (Å²) in [5, 5.41) is 8.87. The lowest BCUT2D eigenvalue weighted by atomic mass is 10.00. The zero-order valence-corrected chi connectivity index (χ0v) is 12.0. The number of carbonyl (C=O) groups is 2. The highest BCUT2D eigenvalue weighted by Gasteiger charge is 2.21. The number of carboxylic acid groups (broad SMARTS) is 1. The largest absolute Gasteiger partial charge is 0.481 e. The Morgan fingerprint density at radius 1 is 1.47 bits per heavy atom. The van der Waals surface area contributed by atoms with Gasteiger partial charge >= 0.3 is 5.97 Å². The number of benzene rings is 1. The van der Waals surface area contributed by atoms with Crippen LogP contribution >= 0.6 is 27.7 Å². The predicted octanol–water partition coefficient (Wildman–Crippen LogP) is 3.06. The van der Waals surface area contributed by atoms with Crippen molar-refractivity contribution in [1.82, 2.24) is 0 Å². The van der Waals surface area contributed by atoms with Gasteiger partial charge in [0.15, 0.2) is 0 Å². The fourth-order valence-corrected chi connectivity index (χ4v) is 2.95. The SMILES string of the molecule is CSc1cccc(CC(=O)O)c1C(Br)C(C)=O. The quantitative estimate of drug-likeness (QED) is 0.670. The number of ketones is 1. The number of aliphatic carboxylic acids is 1. The second-order valence-corrected chi connectivity index (χ2v) is 5.34. The first-order chi connectivity index (χ1) is 7.97. The van der Waals surface area contributed by atoms with Crippen LogP contribution in [0.2, 0.25) is 0 Å². The van der Waals surface area contributed by atoms with E-state index in [1.807, 2.05) is 18.4 Å². The summed E-state index contributed by atoms with van der Waals surface area (Å²) in [6.07, 6.45) is 1.84. The van der Waals surface area contributed by atoms with E-state index >= 15 is 0 Å². The van der Waals surface area contributed by atoms with Gasteiger partial charge in [0.1, 0.15) is 5.78 Å². The predicted molar refractivity (Wildman–Crippen MR) is 71.9 cm³/mol. The molecular formula is C12H13BrO3S. The number of hydrogen-bond acceptors (Lipinski definition) is 3. The van der Waals surface area contributed by atoms with Crippen molar-refractivity contribution in [3.63, 3.8) is 0 Å². The normalized spacial score (nSPS) is 12.2. The van der Waals surface area contributed by atoms with E-state index in [1.54, 1.807) is 6.07 Å². The van der Waals surface area contributed by atoms with Gasteiger partial charge in [0.25, 0.3) is 0 Å². The Labute approximate surface area is 113 Å². The second kappa shape index (κ2) is 6.21. The Morgan fingerprint density at radius 3 is 2.59 bits per heavy atom. The maximum atomic E-state index is 11.4. The third-order valence-electron chi connectivity index (χ3n) is 2.33. The molecule has 0 spiro atoms. The van der Waals surface area contributed by atoms with Crippen LogP contribution in [0.4, 0.5) is 0 Å². The number of halogens is 1. The highest BCUT2D eigenvalue weighted by atomic mass is 79.9. The number of carbonyl (C=O) groups excluding carboxylic acids is 1. The summed E-state index contributed by atoms with van der Waals surface area (Å²) >= 11 is 4.83. The van der Waals surface area contributed by atoms with Gasteiger partial charge in [-0.25, -0.2) is 0 Å². The molecule has 0 aliphatic carbocycles. The maximum absolute atomic E-state index is 11.4. The molecule has 0 saturated carbocycles. The fraction of sp³-hybridized carbons (Fsp3) is 0.333. The Morgan fingerprint density at radius 2 is 2.12 bits per heavy atom. The van der Waals surface area contributed by atoms with E-state index in [1.165, 1.54) is 18.7 Å². The van der Waals surface area contributed by atoms with E-state index in [4.69, 9.17) is 5.11 Å². The highest BCUT2D eigenvalue weighted by Crippen LogP contribution is 2.35. The first-order valence-electron chi connectivity index (χ1n) is 4.99. The van der Waals surface area contributed by atoms with Gasteiger partial charge in [-0.15, -0.1) is 11.8 Å². The van der Waals surface area contributed by atoms with E-state index in [0.717, 1.165) is 10.5 Å². The van der Waals surface area contributed by atoms with Crippen LogP contribution in [0.1, 0.15) is 22.9 Å². The van der Waals surface area contributed by atoms with Crippen LogP contribution in [-0.2, 0) is 16.0 Å². The van der Waals surface area contributed by atoms with Gasteiger partial charge in [-0.05, 0) is 30.4 Å². The molecule has 0 bridgehead atoms. The van der Waals surface area contributed by atoms with Crippen molar-refractivity contribution < 1.29 is 14.7 Å². The molecule has 1 unspecified atom stereocenters. The molecule has 92 valence electrons. The lowest BCUT2D eigenvalue weighted by molar-refractivity contribution is -0.136. The van der Waals surface area contributed by atoms with E-state index in [-0.39, 0.29) is 12.2 Å². The molecule has 3 nitrogen and oxygen atoms in total. The molecule has 0 fully saturated rings. The topological polar surface area (TPSA) is 54.4 Å². The molecule has 0 aromatic heterocycles. The third kappa shape index (κ3) is 3.57. The molecule has 0 radical (unpaired) electrons. The molecule has 1 aromatic rings. The fourth-order valence-electron chi connectivity index (χ4n) is 1.58. The lowest BCUT2D eigenvalue weighted by Gasteiger charge is -2.15. The van der Waals surface area contributed by atoms with Gasteiger partial charge in [-0.2, -0.15) is 0 Å². The smallest absolute Gasteiger partial charge is 0.307 e. The van der Waals surface area contributed by atoms with Crippen molar-refractivity contribution in [2.45, 2.75) is 23.1 Å². The zero-order valence-electron chi connectivity index (χ0n) is 9.57. The molecular weight excluding hydrogens is 304 g/mol. The van der Waals surface area contributed by atoms with Crippen molar-refractivity contribution in [3.05, 3.63) is 29.3 Å². The minimum absolute atomic E-state index is 0.0295. The van der Waals surface area contributed by atoms with Crippen molar-refractivity contribution in [2.24, 2.45) is 0 Å². The van der Waals surface area contributed by atoms with Crippen LogP contribution < -0.4 is 0 Å². The van der Waals surface area contributed by atoms with E-state index < -0.39 is 10.8 Å². The van der Waals surface area contributed by atoms with Crippen LogP contribution in [0.25, 0.3) is 0 Å². The Hall–Kier alpha value is -0.810. The van der Waals surface area contributed by atoms with Gasteiger partial charge < -0.3 is 5.11 Å². The van der Waals surface area contributed by atoms with Crippen LogP contribution in [0.15, 0.2) is 23.1 Å². The van der Waals surface area contributed by atoms with Crippen LogP contribution in [-0.4, -0.2) is 23.1 Å². The lowest BCUT2D eigenvalue weighted by Crippen LogP contribution is -2.10. The number of Topliss-reactive ketones (excluding diaryl/α,β-unsaturated/α-hetero) is 1. The minimum Gasteiger partial charge on any atom is -0.481 e. The molecule has 0 aliphatic heterocycles. The summed E-state index contributed by atoms with van der Waals surface area (Å²) in [5.41, 5.74) is 1.45. The molecule has 0 saturated heterocycles. The second-order valence-electron chi connectivity index (χ2n) is 3.58. The number of thioether (sulfide) groups is 1. The first kappa shape index (κ1) is 14.3. The van der Waals surface area contributed by atoms with Gasteiger partial charge in [-0.1, -0.05) is 28.1 Å². The average Bonchev–Trinajstić information content (AvgIpc) is 2.26. The first-order valence-corrected chi connectivity index (χ1v) is 7.13. The maximum Gasteiger partial charge on any atom is 0.307 e. The molecule has 0 aliphatic rings. The number of carboxylic acids is 1. The van der Waals surface area contributed by atoms with Gasteiger partial charge in [0.2, 0.25) is 0 Å². The van der Waals surface area contributed by atoms with Crippen molar-refractivity contribution >= 4 is 39.4 Å². The Kier molecular flexibility index (Phi) is 5.21. The summed E-state index contributed by atoms with van der Waals surface area (Å²) in [4.78, 5) is 22.7. The Bertz CT molecular complexity index is 445. The van der Waals surface area contributed by atoms with Crippen LogP contribution in [0.5, 0.6) is 0 Å². The summed E-state index contributed by atoms with van der Waals surface area (Å²) in [7, 11) is 0. The minimum atomic E-state index is -0.896. The zero-order chi connectivity index (χ0) is 13.0. The van der Waals surface area contributed by atoms with Crippen molar-refractivity contribution in [1.29, 1.82) is 0 Å². The molecule has 5 heteroatoms.